The number of nitrogens with zero attached hydrogens (tertiary/aromatic N) is 3. The van der Waals surface area contributed by atoms with Crippen LogP contribution in [0.3, 0.4) is 0 Å². The van der Waals surface area contributed by atoms with Crippen molar-refractivity contribution in [2.75, 3.05) is 7.05 Å². The zero-order chi connectivity index (χ0) is 18.0. The van der Waals surface area contributed by atoms with Crippen LogP contribution >= 0.6 is 11.3 Å². The topological polar surface area (TPSA) is 71.0 Å². The minimum Gasteiger partial charge on any atom is -0.334 e. The summed E-state index contributed by atoms with van der Waals surface area (Å²) >= 11 is 1.60. The highest BCUT2D eigenvalue weighted by molar-refractivity contribution is 7.09. The molecule has 0 bridgehead atoms. The molecule has 0 aliphatic heterocycles. The third kappa shape index (κ3) is 3.71. The van der Waals surface area contributed by atoms with Crippen LogP contribution in [0.5, 0.6) is 0 Å². The Labute approximate surface area is 149 Å². The van der Waals surface area contributed by atoms with Crippen molar-refractivity contribution in [1.82, 2.24) is 19.7 Å². The maximum Gasteiger partial charge on any atom is 0.272 e. The van der Waals surface area contributed by atoms with Gasteiger partial charge in [-0.15, -0.1) is 11.3 Å². The first-order valence-electron chi connectivity index (χ1n) is 8.03. The SMILES string of the molecule is CC(C)c1nc(CN(C)C(=O)c2cc(=O)n(-c3ccccc3)[nH]2)cs1. The van der Waals surface area contributed by atoms with Crippen LogP contribution in [-0.2, 0) is 6.54 Å². The summed E-state index contributed by atoms with van der Waals surface area (Å²) in [6, 6.07) is 10.5. The number of hydrogen-bond donors (Lipinski definition) is 1. The molecule has 0 aliphatic carbocycles. The molecular formula is C18H20N4O2S. The van der Waals surface area contributed by atoms with Crippen molar-refractivity contribution in [3.8, 4) is 5.69 Å². The number of carbonyl (C=O) groups is 1. The molecule has 25 heavy (non-hydrogen) atoms. The summed E-state index contributed by atoms with van der Waals surface area (Å²) in [4.78, 5) is 30.9. The molecule has 130 valence electrons. The molecule has 2 aromatic heterocycles. The summed E-state index contributed by atoms with van der Waals surface area (Å²) in [6.07, 6.45) is 0. The second-order valence-electron chi connectivity index (χ2n) is 6.17. The van der Waals surface area contributed by atoms with E-state index in [9.17, 15) is 9.59 Å². The lowest BCUT2D eigenvalue weighted by atomic mass is 10.2. The lowest BCUT2D eigenvalue weighted by Crippen LogP contribution is -2.26. The predicted molar refractivity (Wildman–Crippen MR) is 98.4 cm³/mol. The van der Waals surface area contributed by atoms with Crippen molar-refractivity contribution in [3.63, 3.8) is 0 Å². The largest absolute Gasteiger partial charge is 0.334 e. The molecule has 0 saturated carbocycles. The summed E-state index contributed by atoms with van der Waals surface area (Å²) in [5.41, 5.74) is 1.54. The highest BCUT2D eigenvalue weighted by atomic mass is 32.1. The van der Waals surface area contributed by atoms with Crippen molar-refractivity contribution in [2.45, 2.75) is 26.3 Å². The van der Waals surface area contributed by atoms with E-state index in [1.165, 1.54) is 10.7 Å². The van der Waals surface area contributed by atoms with Crippen molar-refractivity contribution >= 4 is 17.2 Å². The lowest BCUT2D eigenvalue weighted by molar-refractivity contribution is 0.0777. The Morgan fingerprint density at radius 2 is 2.04 bits per heavy atom. The third-order valence-corrected chi connectivity index (χ3v) is 4.97. The van der Waals surface area contributed by atoms with E-state index in [4.69, 9.17) is 0 Å². The van der Waals surface area contributed by atoms with Gasteiger partial charge < -0.3 is 4.90 Å². The molecule has 0 fully saturated rings. The van der Waals surface area contributed by atoms with Gasteiger partial charge >= 0.3 is 0 Å². The average Bonchev–Trinajstić information content (AvgIpc) is 3.22. The van der Waals surface area contributed by atoms with Gasteiger partial charge in [-0.05, 0) is 12.1 Å². The number of para-hydroxylation sites is 1. The molecule has 7 heteroatoms. The number of hydrogen-bond acceptors (Lipinski definition) is 4. The number of aromatic amines is 1. The number of amides is 1. The maximum atomic E-state index is 12.6. The predicted octanol–water partition coefficient (Wildman–Crippen LogP) is 3.02. The quantitative estimate of drug-likeness (QED) is 0.764. The number of thiazole rings is 1. The Kier molecular flexibility index (Phi) is 4.85. The smallest absolute Gasteiger partial charge is 0.272 e. The van der Waals surface area contributed by atoms with Crippen LogP contribution in [0, 0.1) is 0 Å². The molecule has 0 aliphatic rings. The molecule has 0 atom stereocenters. The van der Waals surface area contributed by atoms with Crippen LogP contribution in [0.4, 0.5) is 0 Å². The maximum absolute atomic E-state index is 12.6. The van der Waals surface area contributed by atoms with Gasteiger partial charge in [-0.25, -0.2) is 9.67 Å². The van der Waals surface area contributed by atoms with Gasteiger partial charge in [-0.3, -0.25) is 14.7 Å². The van der Waals surface area contributed by atoms with E-state index in [1.807, 2.05) is 23.6 Å². The Morgan fingerprint density at radius 3 is 2.68 bits per heavy atom. The lowest BCUT2D eigenvalue weighted by Gasteiger charge is -2.14. The second-order valence-corrected chi connectivity index (χ2v) is 7.06. The van der Waals surface area contributed by atoms with E-state index in [0.29, 0.717) is 18.2 Å². The van der Waals surface area contributed by atoms with E-state index >= 15 is 0 Å². The molecule has 0 unspecified atom stereocenters. The minimum atomic E-state index is -0.265. The zero-order valence-corrected chi connectivity index (χ0v) is 15.2. The van der Waals surface area contributed by atoms with Crippen LogP contribution in [0.15, 0.2) is 46.6 Å². The molecule has 0 radical (unpaired) electrons. The number of benzene rings is 1. The summed E-state index contributed by atoms with van der Waals surface area (Å²) in [6.45, 7) is 4.59. The average molecular weight is 356 g/mol. The first kappa shape index (κ1) is 17.2. The van der Waals surface area contributed by atoms with Crippen LogP contribution < -0.4 is 5.56 Å². The van der Waals surface area contributed by atoms with Crippen molar-refractivity contribution < 1.29 is 4.79 Å². The molecule has 1 amide bonds. The Morgan fingerprint density at radius 1 is 1.32 bits per heavy atom. The Hall–Kier alpha value is -2.67. The highest BCUT2D eigenvalue weighted by Crippen LogP contribution is 2.20. The number of carbonyl (C=O) groups excluding carboxylic acids is 1. The van der Waals surface area contributed by atoms with Gasteiger partial charge in [0, 0.05) is 24.4 Å². The van der Waals surface area contributed by atoms with Crippen molar-refractivity contribution in [3.05, 3.63) is 68.5 Å². The fraction of sp³-hybridized carbons (Fsp3) is 0.278. The number of rotatable bonds is 5. The molecule has 3 rings (SSSR count). The molecule has 1 aromatic carbocycles. The fourth-order valence-electron chi connectivity index (χ4n) is 2.46. The molecule has 6 nitrogen and oxygen atoms in total. The first-order chi connectivity index (χ1) is 12.0. The fourth-order valence-corrected chi connectivity index (χ4v) is 3.28. The van der Waals surface area contributed by atoms with Crippen LogP contribution in [-0.4, -0.2) is 32.6 Å². The van der Waals surface area contributed by atoms with Gasteiger partial charge in [0.15, 0.2) is 0 Å². The van der Waals surface area contributed by atoms with Crippen LogP contribution in [0.2, 0.25) is 0 Å². The molecule has 0 spiro atoms. The standard InChI is InChI=1S/C18H20N4O2S/c1-12(2)17-19-13(11-25-17)10-21(3)18(24)15-9-16(23)22(20-15)14-7-5-4-6-8-14/h4-9,11-12,20H,10H2,1-3H3. The second kappa shape index (κ2) is 7.06. The first-order valence-corrected chi connectivity index (χ1v) is 8.91. The summed E-state index contributed by atoms with van der Waals surface area (Å²) < 4.78 is 1.36. The Balaban J connectivity index is 1.77. The van der Waals surface area contributed by atoms with Crippen LogP contribution in [0.25, 0.3) is 5.69 Å². The van der Waals surface area contributed by atoms with E-state index < -0.39 is 0 Å². The van der Waals surface area contributed by atoms with Crippen molar-refractivity contribution in [1.29, 1.82) is 0 Å². The van der Waals surface area contributed by atoms with E-state index in [0.717, 1.165) is 10.7 Å². The minimum absolute atomic E-state index is 0.245. The van der Waals surface area contributed by atoms with E-state index in [-0.39, 0.29) is 17.2 Å². The monoisotopic (exact) mass is 356 g/mol. The number of aromatic nitrogens is 3. The normalized spacial score (nSPS) is 11.0. The summed E-state index contributed by atoms with van der Waals surface area (Å²) in [7, 11) is 1.70. The van der Waals surface area contributed by atoms with Gasteiger partial charge in [0.1, 0.15) is 5.69 Å². The third-order valence-electron chi connectivity index (χ3n) is 3.77. The number of nitrogens with one attached hydrogen (secondary N) is 1. The van der Waals surface area contributed by atoms with Gasteiger partial charge in [-0.2, -0.15) is 0 Å². The summed E-state index contributed by atoms with van der Waals surface area (Å²) in [5, 5.41) is 5.91. The highest BCUT2D eigenvalue weighted by Gasteiger charge is 2.18. The van der Waals surface area contributed by atoms with Gasteiger partial charge in [0.2, 0.25) is 0 Å². The molecule has 3 aromatic rings. The van der Waals surface area contributed by atoms with Crippen LogP contribution in [0.1, 0.15) is 41.0 Å². The molecule has 1 N–H and O–H groups in total. The van der Waals surface area contributed by atoms with Crippen molar-refractivity contribution in [2.24, 2.45) is 0 Å². The van der Waals surface area contributed by atoms with Gasteiger partial charge in [-0.1, -0.05) is 32.0 Å². The van der Waals surface area contributed by atoms with Gasteiger partial charge in [0.05, 0.1) is 22.9 Å². The number of H-pyrrole nitrogens is 1. The molecular weight excluding hydrogens is 336 g/mol. The zero-order valence-electron chi connectivity index (χ0n) is 14.4. The van der Waals surface area contributed by atoms with Gasteiger partial charge in [0.25, 0.3) is 11.5 Å². The van der Waals surface area contributed by atoms with E-state index in [2.05, 4.69) is 23.9 Å². The molecule has 2 heterocycles. The summed E-state index contributed by atoms with van der Waals surface area (Å²) in [5.74, 6) is 0.127. The van der Waals surface area contributed by atoms with E-state index in [1.54, 1.807) is 35.4 Å². The Bertz CT molecular complexity index is 924. The molecule has 0 saturated heterocycles.